The van der Waals surface area contributed by atoms with Gasteiger partial charge in [-0.1, -0.05) is 0 Å². The Morgan fingerprint density at radius 1 is 1.24 bits per heavy atom. The smallest absolute Gasteiger partial charge is 0.231 e. The molecule has 0 aliphatic heterocycles. The van der Waals surface area contributed by atoms with Crippen LogP contribution in [0.1, 0.15) is 10.4 Å². The highest BCUT2D eigenvalue weighted by Crippen LogP contribution is 2.17. The second kappa shape index (κ2) is 4.54. The van der Waals surface area contributed by atoms with Crippen molar-refractivity contribution < 1.29 is 0 Å². The molecule has 0 spiro atoms. The van der Waals surface area contributed by atoms with Crippen LogP contribution >= 0.6 is 11.3 Å². The molecular formula is C10H14N6S. The molecule has 0 aromatic carbocycles. The molecule has 2 aromatic rings. The topological polar surface area (TPSA) is 94.0 Å². The average Bonchev–Trinajstić information content (AvgIpc) is 2.62. The molecular weight excluding hydrogens is 236 g/mol. The number of nitrogens with two attached hydrogens (primary N) is 2. The van der Waals surface area contributed by atoms with Gasteiger partial charge in [0.05, 0.1) is 0 Å². The quantitative estimate of drug-likeness (QED) is 0.845. The van der Waals surface area contributed by atoms with Gasteiger partial charge in [-0.15, -0.1) is 11.3 Å². The monoisotopic (exact) mass is 250 g/mol. The number of rotatable bonds is 3. The van der Waals surface area contributed by atoms with E-state index in [1.54, 1.807) is 11.3 Å². The van der Waals surface area contributed by atoms with Crippen molar-refractivity contribution in [2.75, 3.05) is 23.4 Å². The van der Waals surface area contributed by atoms with E-state index in [9.17, 15) is 0 Å². The Kier molecular flexibility index (Phi) is 3.10. The van der Waals surface area contributed by atoms with Crippen LogP contribution in [0.3, 0.4) is 0 Å². The zero-order chi connectivity index (χ0) is 12.4. The molecule has 0 saturated heterocycles. The van der Waals surface area contributed by atoms with Crippen molar-refractivity contribution >= 4 is 29.2 Å². The summed E-state index contributed by atoms with van der Waals surface area (Å²) in [5.74, 6) is 0.764. The SMILES string of the molecule is Cc1cc(CN(C)c2nc(N)nc(N)n2)cs1. The Bertz CT molecular complexity index is 503. The predicted octanol–water partition coefficient (Wildman–Crippen LogP) is 1.04. The second-order valence-electron chi connectivity index (χ2n) is 3.77. The number of thiophene rings is 1. The second-order valence-corrected chi connectivity index (χ2v) is 4.89. The molecule has 0 amide bonds. The fraction of sp³-hybridized carbons (Fsp3) is 0.300. The molecule has 0 aliphatic carbocycles. The zero-order valence-corrected chi connectivity index (χ0v) is 10.5. The Morgan fingerprint density at radius 3 is 2.41 bits per heavy atom. The average molecular weight is 250 g/mol. The summed E-state index contributed by atoms with van der Waals surface area (Å²) >= 11 is 1.72. The van der Waals surface area contributed by atoms with Crippen LogP contribution < -0.4 is 16.4 Å². The van der Waals surface area contributed by atoms with Gasteiger partial charge < -0.3 is 16.4 Å². The molecule has 0 bridgehead atoms. The minimum Gasteiger partial charge on any atom is -0.368 e. The molecule has 2 aromatic heterocycles. The van der Waals surface area contributed by atoms with Crippen molar-refractivity contribution in [3.8, 4) is 0 Å². The lowest BCUT2D eigenvalue weighted by atomic mass is 10.3. The standard InChI is InChI=1S/C10H14N6S/c1-6-3-7(5-17-6)4-16(2)10-14-8(11)13-9(12)15-10/h3,5H,4H2,1-2H3,(H4,11,12,13,14,15). The van der Waals surface area contributed by atoms with E-state index in [0.717, 1.165) is 0 Å². The van der Waals surface area contributed by atoms with Gasteiger partial charge in [0, 0.05) is 18.5 Å². The molecule has 90 valence electrons. The van der Waals surface area contributed by atoms with Gasteiger partial charge in [0.25, 0.3) is 0 Å². The van der Waals surface area contributed by atoms with Gasteiger partial charge in [-0.25, -0.2) is 0 Å². The lowest BCUT2D eigenvalue weighted by Crippen LogP contribution is -2.20. The summed E-state index contributed by atoms with van der Waals surface area (Å²) in [6.45, 7) is 2.79. The van der Waals surface area contributed by atoms with Crippen LogP contribution in [0.4, 0.5) is 17.8 Å². The van der Waals surface area contributed by atoms with Crippen LogP contribution in [0.5, 0.6) is 0 Å². The summed E-state index contributed by atoms with van der Waals surface area (Å²) in [7, 11) is 1.89. The van der Waals surface area contributed by atoms with E-state index in [1.807, 2.05) is 11.9 Å². The number of nitrogens with zero attached hydrogens (tertiary/aromatic N) is 4. The van der Waals surface area contributed by atoms with E-state index in [0.29, 0.717) is 12.5 Å². The number of aromatic nitrogens is 3. The van der Waals surface area contributed by atoms with Gasteiger partial charge >= 0.3 is 0 Å². The van der Waals surface area contributed by atoms with Crippen molar-refractivity contribution in [1.82, 2.24) is 15.0 Å². The maximum atomic E-state index is 5.53. The van der Waals surface area contributed by atoms with E-state index >= 15 is 0 Å². The number of hydrogen-bond acceptors (Lipinski definition) is 7. The molecule has 2 rings (SSSR count). The fourth-order valence-corrected chi connectivity index (χ4v) is 2.19. The predicted molar refractivity (Wildman–Crippen MR) is 69.8 cm³/mol. The summed E-state index contributed by atoms with van der Waals surface area (Å²) in [5.41, 5.74) is 12.3. The Morgan fingerprint density at radius 2 is 1.88 bits per heavy atom. The number of anilines is 3. The van der Waals surface area contributed by atoms with E-state index in [4.69, 9.17) is 11.5 Å². The number of nitrogen functional groups attached to an aromatic ring is 2. The molecule has 7 heteroatoms. The summed E-state index contributed by atoms with van der Waals surface area (Å²) in [5, 5.41) is 2.11. The Labute approximate surface area is 103 Å². The van der Waals surface area contributed by atoms with E-state index in [1.165, 1.54) is 10.4 Å². The van der Waals surface area contributed by atoms with Crippen molar-refractivity contribution in [2.45, 2.75) is 13.5 Å². The van der Waals surface area contributed by atoms with Crippen LogP contribution in [-0.4, -0.2) is 22.0 Å². The Hall–Kier alpha value is -1.89. The van der Waals surface area contributed by atoms with Gasteiger partial charge in [0.1, 0.15) is 0 Å². The molecule has 0 saturated carbocycles. The molecule has 0 radical (unpaired) electrons. The third-order valence-corrected chi connectivity index (χ3v) is 3.11. The van der Waals surface area contributed by atoms with Gasteiger partial charge in [0.2, 0.25) is 17.8 Å². The normalized spacial score (nSPS) is 10.5. The van der Waals surface area contributed by atoms with E-state index in [-0.39, 0.29) is 11.9 Å². The molecule has 2 heterocycles. The molecule has 4 N–H and O–H groups in total. The summed E-state index contributed by atoms with van der Waals surface area (Å²) in [6, 6.07) is 2.13. The van der Waals surface area contributed by atoms with Crippen molar-refractivity contribution in [1.29, 1.82) is 0 Å². The lowest BCUT2D eigenvalue weighted by molar-refractivity contribution is 0.862. The van der Waals surface area contributed by atoms with Crippen LogP contribution in [0.15, 0.2) is 11.4 Å². The van der Waals surface area contributed by atoms with Crippen molar-refractivity contribution in [2.24, 2.45) is 0 Å². The first kappa shape index (κ1) is 11.6. The van der Waals surface area contributed by atoms with Crippen molar-refractivity contribution in [3.05, 3.63) is 21.9 Å². The Balaban J connectivity index is 2.16. The first-order valence-corrected chi connectivity index (χ1v) is 5.95. The third kappa shape index (κ3) is 2.82. The fourth-order valence-electron chi connectivity index (χ4n) is 1.49. The van der Waals surface area contributed by atoms with E-state index < -0.39 is 0 Å². The minimum atomic E-state index is 0.140. The number of aryl methyl sites for hydroxylation is 1. The molecule has 0 unspecified atom stereocenters. The van der Waals surface area contributed by atoms with Crippen LogP contribution in [0, 0.1) is 6.92 Å². The largest absolute Gasteiger partial charge is 0.368 e. The van der Waals surface area contributed by atoms with Crippen LogP contribution in [0.2, 0.25) is 0 Å². The first-order chi connectivity index (χ1) is 8.04. The molecule has 6 nitrogen and oxygen atoms in total. The van der Waals surface area contributed by atoms with Gasteiger partial charge in [0.15, 0.2) is 0 Å². The summed E-state index contributed by atoms with van der Waals surface area (Å²) in [4.78, 5) is 15.0. The number of hydrogen-bond donors (Lipinski definition) is 2. The zero-order valence-electron chi connectivity index (χ0n) is 9.71. The third-order valence-electron chi connectivity index (χ3n) is 2.20. The van der Waals surface area contributed by atoms with Crippen molar-refractivity contribution in [3.63, 3.8) is 0 Å². The van der Waals surface area contributed by atoms with E-state index in [2.05, 4.69) is 33.3 Å². The lowest BCUT2D eigenvalue weighted by Gasteiger charge is -2.16. The van der Waals surface area contributed by atoms with Crippen LogP contribution in [0.25, 0.3) is 0 Å². The molecule has 17 heavy (non-hydrogen) atoms. The van der Waals surface area contributed by atoms with Crippen LogP contribution in [-0.2, 0) is 6.54 Å². The van der Waals surface area contributed by atoms with Gasteiger partial charge in [-0.2, -0.15) is 15.0 Å². The first-order valence-electron chi connectivity index (χ1n) is 5.07. The highest BCUT2D eigenvalue weighted by Gasteiger charge is 2.08. The minimum absolute atomic E-state index is 0.140. The summed E-state index contributed by atoms with van der Waals surface area (Å²) < 4.78 is 0. The summed E-state index contributed by atoms with van der Waals surface area (Å²) in [6.07, 6.45) is 0. The highest BCUT2D eigenvalue weighted by atomic mass is 32.1. The molecule has 0 aliphatic rings. The van der Waals surface area contributed by atoms with Gasteiger partial charge in [-0.3, -0.25) is 0 Å². The maximum absolute atomic E-state index is 5.53. The highest BCUT2D eigenvalue weighted by molar-refractivity contribution is 7.10. The molecule has 0 fully saturated rings. The van der Waals surface area contributed by atoms with Gasteiger partial charge in [-0.05, 0) is 23.9 Å². The molecule has 0 atom stereocenters. The maximum Gasteiger partial charge on any atom is 0.231 e.